The third kappa shape index (κ3) is 3.04. The molecule has 2 rings (SSSR count). The molecule has 0 spiro atoms. The highest BCUT2D eigenvalue weighted by atomic mass is 79.9. The van der Waals surface area contributed by atoms with E-state index >= 15 is 0 Å². The van der Waals surface area contributed by atoms with Crippen LogP contribution in [0, 0.1) is 0 Å². The van der Waals surface area contributed by atoms with Gasteiger partial charge in [-0.05, 0) is 24.3 Å². The van der Waals surface area contributed by atoms with Crippen LogP contribution in [0.25, 0.3) is 0 Å². The Balaban J connectivity index is 2.17. The number of benzene rings is 1. The molecule has 2 aromatic rings. The first kappa shape index (κ1) is 11.6. The number of hydrogen-bond donors (Lipinski definition) is 1. The smallest absolute Gasteiger partial charge is 0.335 e. The van der Waals surface area contributed by atoms with E-state index < -0.39 is 5.63 Å². The highest BCUT2D eigenvalue weighted by molar-refractivity contribution is 9.10. The third-order valence-corrected chi connectivity index (χ3v) is 2.54. The minimum Gasteiger partial charge on any atom is -0.430 e. The van der Waals surface area contributed by atoms with Crippen molar-refractivity contribution in [2.24, 2.45) is 0 Å². The van der Waals surface area contributed by atoms with E-state index in [1.807, 2.05) is 12.1 Å². The van der Waals surface area contributed by atoms with Crippen LogP contribution in [0.4, 0.5) is 5.69 Å². The molecule has 0 atom stereocenters. The van der Waals surface area contributed by atoms with Crippen molar-refractivity contribution in [3.05, 3.63) is 63.1 Å². The van der Waals surface area contributed by atoms with Crippen LogP contribution in [-0.4, -0.2) is 5.91 Å². The van der Waals surface area contributed by atoms with Gasteiger partial charge in [-0.1, -0.05) is 22.0 Å². The minimum atomic E-state index is -0.482. The van der Waals surface area contributed by atoms with E-state index in [1.54, 1.807) is 12.1 Å². The number of carbonyl (C=O) groups excluding carboxylic acids is 1. The predicted molar refractivity (Wildman–Crippen MR) is 67.1 cm³/mol. The monoisotopic (exact) mass is 293 g/mol. The Morgan fingerprint density at radius 2 is 2.06 bits per heavy atom. The van der Waals surface area contributed by atoms with Gasteiger partial charge < -0.3 is 9.73 Å². The maximum absolute atomic E-state index is 11.7. The van der Waals surface area contributed by atoms with Gasteiger partial charge in [0.1, 0.15) is 6.26 Å². The summed E-state index contributed by atoms with van der Waals surface area (Å²) < 4.78 is 5.49. The Bertz CT molecular complexity index is 586. The second-order valence-corrected chi connectivity index (χ2v) is 4.22. The molecular weight excluding hydrogens is 286 g/mol. The molecule has 0 fully saturated rings. The fourth-order valence-electron chi connectivity index (χ4n) is 1.26. The van der Waals surface area contributed by atoms with E-state index in [4.69, 9.17) is 0 Å². The molecule has 17 heavy (non-hydrogen) atoms. The van der Waals surface area contributed by atoms with Crippen molar-refractivity contribution in [1.29, 1.82) is 0 Å². The van der Waals surface area contributed by atoms with Gasteiger partial charge in [-0.3, -0.25) is 4.79 Å². The molecule has 1 amide bonds. The SMILES string of the molecule is O=C(Nc1cccc(Br)c1)c1ccc(=O)oc1. The summed E-state index contributed by atoms with van der Waals surface area (Å²) in [5, 5.41) is 2.69. The first-order valence-electron chi connectivity index (χ1n) is 4.81. The second-order valence-electron chi connectivity index (χ2n) is 3.31. The summed E-state index contributed by atoms with van der Waals surface area (Å²) in [4.78, 5) is 22.5. The average molecular weight is 294 g/mol. The predicted octanol–water partition coefficient (Wildman–Crippen LogP) is 2.65. The third-order valence-electron chi connectivity index (χ3n) is 2.05. The van der Waals surface area contributed by atoms with Crippen LogP contribution in [-0.2, 0) is 0 Å². The Kier molecular flexibility index (Phi) is 3.39. The minimum absolute atomic E-state index is 0.296. The van der Waals surface area contributed by atoms with Crippen molar-refractivity contribution >= 4 is 27.5 Å². The van der Waals surface area contributed by atoms with Crippen LogP contribution in [0.2, 0.25) is 0 Å². The van der Waals surface area contributed by atoms with E-state index in [0.29, 0.717) is 11.3 Å². The maximum atomic E-state index is 11.7. The van der Waals surface area contributed by atoms with Crippen LogP contribution in [0.15, 0.2) is 56.3 Å². The summed E-state index contributed by atoms with van der Waals surface area (Å²) in [5.74, 6) is -0.327. The highest BCUT2D eigenvalue weighted by Gasteiger charge is 2.06. The van der Waals surface area contributed by atoms with Crippen LogP contribution < -0.4 is 10.9 Å². The number of carbonyl (C=O) groups is 1. The fraction of sp³-hybridized carbons (Fsp3) is 0. The van der Waals surface area contributed by atoms with Gasteiger partial charge in [-0.2, -0.15) is 0 Å². The molecule has 0 saturated carbocycles. The molecule has 0 aliphatic rings. The lowest BCUT2D eigenvalue weighted by Gasteiger charge is -2.04. The van der Waals surface area contributed by atoms with Gasteiger partial charge in [-0.15, -0.1) is 0 Å². The van der Waals surface area contributed by atoms with Gasteiger partial charge in [-0.25, -0.2) is 4.79 Å². The lowest BCUT2D eigenvalue weighted by atomic mass is 10.2. The fourth-order valence-corrected chi connectivity index (χ4v) is 1.66. The summed E-state index contributed by atoms with van der Waals surface area (Å²) in [5.41, 5.74) is 0.476. The number of amides is 1. The largest absolute Gasteiger partial charge is 0.430 e. The molecular formula is C12H8BrNO3. The molecule has 0 saturated heterocycles. The molecule has 0 aliphatic carbocycles. The second kappa shape index (κ2) is 4.97. The van der Waals surface area contributed by atoms with Crippen molar-refractivity contribution in [2.75, 3.05) is 5.32 Å². The molecule has 0 unspecified atom stereocenters. The number of halogens is 1. The first-order chi connectivity index (χ1) is 8.15. The van der Waals surface area contributed by atoms with Crippen molar-refractivity contribution < 1.29 is 9.21 Å². The number of rotatable bonds is 2. The topological polar surface area (TPSA) is 59.3 Å². The van der Waals surface area contributed by atoms with Crippen LogP contribution in [0.1, 0.15) is 10.4 Å². The Morgan fingerprint density at radius 1 is 1.24 bits per heavy atom. The van der Waals surface area contributed by atoms with Gasteiger partial charge in [0.15, 0.2) is 0 Å². The molecule has 5 heteroatoms. The number of hydrogen-bond acceptors (Lipinski definition) is 3. The Morgan fingerprint density at radius 3 is 2.71 bits per heavy atom. The first-order valence-corrected chi connectivity index (χ1v) is 5.60. The molecule has 1 N–H and O–H groups in total. The van der Waals surface area contributed by atoms with E-state index in [1.165, 1.54) is 12.1 Å². The van der Waals surface area contributed by atoms with Crippen LogP contribution in [0.5, 0.6) is 0 Å². The number of anilines is 1. The Labute approximate surface area is 105 Å². The zero-order chi connectivity index (χ0) is 12.3. The molecule has 4 nitrogen and oxygen atoms in total. The van der Waals surface area contributed by atoms with Crippen molar-refractivity contribution in [3.63, 3.8) is 0 Å². The van der Waals surface area contributed by atoms with E-state index in [0.717, 1.165) is 10.7 Å². The summed E-state index contributed by atoms with van der Waals surface area (Å²) >= 11 is 3.31. The zero-order valence-corrected chi connectivity index (χ0v) is 10.2. The molecule has 0 aliphatic heterocycles. The molecule has 1 aromatic carbocycles. The molecule has 1 aromatic heterocycles. The van der Waals surface area contributed by atoms with Crippen LogP contribution >= 0.6 is 15.9 Å². The van der Waals surface area contributed by atoms with E-state index in [9.17, 15) is 9.59 Å². The molecule has 86 valence electrons. The van der Waals surface area contributed by atoms with Gasteiger partial charge >= 0.3 is 5.63 Å². The standard InChI is InChI=1S/C12H8BrNO3/c13-9-2-1-3-10(6-9)14-12(16)8-4-5-11(15)17-7-8/h1-7H,(H,14,16). The van der Waals surface area contributed by atoms with Gasteiger partial charge in [0.25, 0.3) is 5.91 Å². The van der Waals surface area contributed by atoms with E-state index in [2.05, 4.69) is 25.7 Å². The van der Waals surface area contributed by atoms with Crippen molar-refractivity contribution in [3.8, 4) is 0 Å². The van der Waals surface area contributed by atoms with Gasteiger partial charge in [0.2, 0.25) is 0 Å². The van der Waals surface area contributed by atoms with Crippen molar-refractivity contribution in [1.82, 2.24) is 0 Å². The average Bonchev–Trinajstić information content (AvgIpc) is 2.29. The van der Waals surface area contributed by atoms with Gasteiger partial charge in [0.05, 0.1) is 5.56 Å². The zero-order valence-electron chi connectivity index (χ0n) is 8.64. The summed E-state index contributed by atoms with van der Waals surface area (Å²) in [6, 6.07) is 9.83. The highest BCUT2D eigenvalue weighted by Crippen LogP contribution is 2.16. The lowest BCUT2D eigenvalue weighted by Crippen LogP contribution is -2.12. The van der Waals surface area contributed by atoms with E-state index in [-0.39, 0.29) is 5.91 Å². The summed E-state index contributed by atoms with van der Waals surface area (Å²) in [7, 11) is 0. The Hall–Kier alpha value is -1.88. The lowest BCUT2D eigenvalue weighted by molar-refractivity contribution is 0.102. The number of nitrogens with one attached hydrogen (secondary N) is 1. The van der Waals surface area contributed by atoms with Gasteiger partial charge in [0, 0.05) is 16.2 Å². The quantitative estimate of drug-likeness (QED) is 0.926. The summed E-state index contributed by atoms with van der Waals surface area (Å²) in [6.07, 6.45) is 1.13. The van der Waals surface area contributed by atoms with Crippen molar-refractivity contribution in [2.45, 2.75) is 0 Å². The summed E-state index contributed by atoms with van der Waals surface area (Å²) in [6.45, 7) is 0. The van der Waals surface area contributed by atoms with Crippen LogP contribution in [0.3, 0.4) is 0 Å². The normalized spacial score (nSPS) is 9.94. The molecule has 0 radical (unpaired) electrons. The molecule has 1 heterocycles. The molecule has 0 bridgehead atoms. The maximum Gasteiger partial charge on any atom is 0.335 e.